The number of nitrogens with zero attached hydrogens (tertiary/aromatic N) is 1. The lowest BCUT2D eigenvalue weighted by molar-refractivity contribution is -0.0187. The van der Waals surface area contributed by atoms with Crippen molar-refractivity contribution in [3.63, 3.8) is 0 Å². The van der Waals surface area contributed by atoms with Gasteiger partial charge in [0.05, 0.1) is 11.3 Å². The fraction of sp³-hybridized carbons (Fsp3) is 0.538. The minimum absolute atomic E-state index is 0.0357. The molecule has 0 amide bonds. The summed E-state index contributed by atoms with van der Waals surface area (Å²) in [6.07, 6.45) is 0.378. The second kappa shape index (κ2) is 5.42. The number of hydrogen-bond donors (Lipinski definition) is 1. The van der Waals surface area contributed by atoms with Gasteiger partial charge in [0.15, 0.2) is 0 Å². The predicted octanol–water partition coefficient (Wildman–Crippen LogP) is 3.54. The van der Waals surface area contributed by atoms with Crippen LogP contribution in [0.1, 0.15) is 54.0 Å². The highest BCUT2D eigenvalue weighted by atomic mass is 19.3. The zero-order chi connectivity index (χ0) is 13.9. The summed E-state index contributed by atoms with van der Waals surface area (Å²) in [7, 11) is 0. The van der Waals surface area contributed by atoms with Crippen molar-refractivity contribution >= 4 is 5.97 Å². The number of carbonyl (C=O) groups is 1. The third-order valence-electron chi connectivity index (χ3n) is 2.78. The summed E-state index contributed by atoms with van der Waals surface area (Å²) < 4.78 is 27.6. The number of halogens is 2. The van der Waals surface area contributed by atoms with E-state index < -0.39 is 11.9 Å². The Hall–Kier alpha value is -1.52. The van der Waals surface area contributed by atoms with Crippen molar-refractivity contribution in [3.8, 4) is 0 Å². The summed E-state index contributed by atoms with van der Waals surface area (Å²) in [4.78, 5) is 14.9. The third-order valence-corrected chi connectivity index (χ3v) is 2.78. The molecule has 1 aromatic heterocycles. The van der Waals surface area contributed by atoms with Crippen LogP contribution >= 0.6 is 0 Å². The molecule has 0 saturated heterocycles. The number of carboxylic acid groups (broad SMARTS) is 1. The normalized spacial score (nSPS) is 11.6. The molecule has 0 spiro atoms. The Balaban J connectivity index is 3.35. The molecule has 1 aromatic rings. The van der Waals surface area contributed by atoms with Gasteiger partial charge in [0.25, 0.3) is 5.92 Å². The van der Waals surface area contributed by atoms with Gasteiger partial charge in [-0.2, -0.15) is 8.78 Å². The topological polar surface area (TPSA) is 50.2 Å². The summed E-state index contributed by atoms with van der Waals surface area (Å²) >= 11 is 0. The Morgan fingerprint density at radius 2 is 2.06 bits per heavy atom. The fourth-order valence-corrected chi connectivity index (χ4v) is 1.92. The largest absolute Gasteiger partial charge is 0.478 e. The van der Waals surface area contributed by atoms with Crippen LogP contribution in [0.2, 0.25) is 0 Å². The van der Waals surface area contributed by atoms with Crippen LogP contribution in [-0.2, 0) is 12.3 Å². The lowest BCUT2D eigenvalue weighted by atomic mass is 10.0. The van der Waals surface area contributed by atoms with Crippen molar-refractivity contribution in [1.82, 2.24) is 4.98 Å². The Labute approximate surface area is 105 Å². The molecule has 0 bridgehead atoms. The van der Waals surface area contributed by atoms with Crippen LogP contribution in [0.25, 0.3) is 0 Å². The van der Waals surface area contributed by atoms with Gasteiger partial charge in [-0.15, -0.1) is 0 Å². The molecule has 0 aromatic carbocycles. The highest BCUT2D eigenvalue weighted by Crippen LogP contribution is 2.33. The number of aryl methyl sites for hydroxylation is 2. The van der Waals surface area contributed by atoms with Crippen LogP contribution in [-0.4, -0.2) is 16.1 Å². The monoisotopic (exact) mass is 257 g/mol. The van der Waals surface area contributed by atoms with Gasteiger partial charge in [0.1, 0.15) is 5.69 Å². The molecule has 0 radical (unpaired) electrons. The number of carboxylic acids is 1. The number of aromatic carboxylic acids is 1. The van der Waals surface area contributed by atoms with E-state index in [0.717, 1.165) is 0 Å². The first kappa shape index (κ1) is 14.5. The second-order valence-electron chi connectivity index (χ2n) is 4.26. The summed E-state index contributed by atoms with van der Waals surface area (Å²) in [6, 6.07) is 1.18. The lowest BCUT2D eigenvalue weighted by Gasteiger charge is -2.17. The Morgan fingerprint density at radius 3 is 2.50 bits per heavy atom. The maximum absolute atomic E-state index is 13.8. The van der Waals surface area contributed by atoms with Crippen molar-refractivity contribution in [2.24, 2.45) is 0 Å². The van der Waals surface area contributed by atoms with Crippen LogP contribution in [0, 0.1) is 6.92 Å². The van der Waals surface area contributed by atoms with E-state index >= 15 is 0 Å². The van der Waals surface area contributed by atoms with Crippen LogP contribution in [0.15, 0.2) is 6.07 Å². The first-order valence-corrected chi connectivity index (χ1v) is 5.95. The molecule has 1 N–H and O–H groups in total. The molecule has 0 unspecified atom stereocenters. The first-order valence-electron chi connectivity index (χ1n) is 5.95. The molecule has 18 heavy (non-hydrogen) atoms. The number of aromatic nitrogens is 1. The second-order valence-corrected chi connectivity index (χ2v) is 4.26. The molecule has 0 aliphatic heterocycles. The van der Waals surface area contributed by atoms with E-state index in [1.807, 2.05) is 0 Å². The van der Waals surface area contributed by atoms with Crippen molar-refractivity contribution in [2.45, 2.75) is 46.0 Å². The van der Waals surface area contributed by atoms with Crippen LogP contribution in [0.5, 0.6) is 0 Å². The molecule has 0 aliphatic rings. The minimum atomic E-state index is -3.00. The Bertz CT molecular complexity index is 459. The number of pyridine rings is 1. The zero-order valence-corrected chi connectivity index (χ0v) is 10.8. The van der Waals surface area contributed by atoms with Gasteiger partial charge < -0.3 is 5.11 Å². The van der Waals surface area contributed by atoms with E-state index in [9.17, 15) is 13.6 Å². The summed E-state index contributed by atoms with van der Waals surface area (Å²) in [5, 5.41) is 9.05. The standard InChI is InChI=1S/C13H17F2NO2/c1-4-6-13(14,15)10-7-8(3)11(12(17)18)9(5-2)16-10/h7H,4-6H2,1-3H3,(H,17,18). The van der Waals surface area contributed by atoms with E-state index in [4.69, 9.17) is 5.11 Å². The maximum atomic E-state index is 13.8. The molecular weight excluding hydrogens is 240 g/mol. The van der Waals surface area contributed by atoms with E-state index in [-0.39, 0.29) is 23.4 Å². The summed E-state index contributed by atoms with van der Waals surface area (Å²) in [6.45, 7) is 4.90. The van der Waals surface area contributed by atoms with Gasteiger partial charge in [0, 0.05) is 6.42 Å². The molecule has 0 saturated carbocycles. The van der Waals surface area contributed by atoms with E-state index in [0.29, 0.717) is 18.4 Å². The molecule has 0 atom stereocenters. The number of alkyl halides is 2. The van der Waals surface area contributed by atoms with E-state index in [1.165, 1.54) is 13.0 Å². The molecule has 0 aliphatic carbocycles. The van der Waals surface area contributed by atoms with Crippen LogP contribution in [0.4, 0.5) is 8.78 Å². The lowest BCUT2D eigenvalue weighted by Crippen LogP contribution is -2.18. The van der Waals surface area contributed by atoms with Gasteiger partial charge in [-0.05, 0) is 25.0 Å². The first-order chi connectivity index (χ1) is 8.33. The van der Waals surface area contributed by atoms with E-state index in [1.54, 1.807) is 13.8 Å². The number of rotatable bonds is 5. The quantitative estimate of drug-likeness (QED) is 0.877. The average Bonchev–Trinajstić information content (AvgIpc) is 2.27. The van der Waals surface area contributed by atoms with Crippen molar-refractivity contribution in [2.75, 3.05) is 0 Å². The molecule has 100 valence electrons. The zero-order valence-electron chi connectivity index (χ0n) is 10.8. The fourth-order valence-electron chi connectivity index (χ4n) is 1.92. The summed E-state index contributed by atoms with van der Waals surface area (Å²) in [5.74, 6) is -4.12. The highest BCUT2D eigenvalue weighted by molar-refractivity contribution is 5.90. The van der Waals surface area contributed by atoms with Crippen LogP contribution in [0.3, 0.4) is 0 Å². The third kappa shape index (κ3) is 2.83. The van der Waals surface area contributed by atoms with Gasteiger partial charge in [-0.3, -0.25) is 4.98 Å². The average molecular weight is 257 g/mol. The number of hydrogen-bond acceptors (Lipinski definition) is 2. The smallest absolute Gasteiger partial charge is 0.337 e. The molecule has 5 heteroatoms. The van der Waals surface area contributed by atoms with E-state index in [2.05, 4.69) is 4.98 Å². The summed E-state index contributed by atoms with van der Waals surface area (Å²) in [5.41, 5.74) is 0.255. The van der Waals surface area contributed by atoms with Gasteiger partial charge >= 0.3 is 5.97 Å². The molecule has 0 fully saturated rings. The Morgan fingerprint density at radius 1 is 1.44 bits per heavy atom. The molecule has 1 rings (SSSR count). The van der Waals surface area contributed by atoms with Crippen LogP contribution < -0.4 is 0 Å². The van der Waals surface area contributed by atoms with Crippen molar-refractivity contribution < 1.29 is 18.7 Å². The van der Waals surface area contributed by atoms with Gasteiger partial charge in [0.2, 0.25) is 0 Å². The molecule has 1 heterocycles. The highest BCUT2D eigenvalue weighted by Gasteiger charge is 2.33. The minimum Gasteiger partial charge on any atom is -0.478 e. The molecule has 3 nitrogen and oxygen atoms in total. The van der Waals surface area contributed by atoms with Crippen molar-refractivity contribution in [3.05, 3.63) is 28.6 Å². The predicted molar refractivity (Wildman–Crippen MR) is 64.1 cm³/mol. The van der Waals surface area contributed by atoms with Gasteiger partial charge in [-0.1, -0.05) is 20.3 Å². The maximum Gasteiger partial charge on any atom is 0.337 e. The molecular formula is C13H17F2NO2. The SMILES string of the molecule is CCCC(F)(F)c1cc(C)c(C(=O)O)c(CC)n1. The van der Waals surface area contributed by atoms with Crippen molar-refractivity contribution in [1.29, 1.82) is 0 Å². The van der Waals surface area contributed by atoms with Gasteiger partial charge in [-0.25, -0.2) is 4.79 Å². The Kier molecular flexibility index (Phi) is 4.38.